The van der Waals surface area contributed by atoms with E-state index in [-0.39, 0.29) is 11.4 Å². The van der Waals surface area contributed by atoms with Gasteiger partial charge in [0, 0.05) is 26.3 Å². The molecule has 0 heterocycles. The highest BCUT2D eigenvalue weighted by Gasteiger charge is 2.14. The van der Waals surface area contributed by atoms with Crippen LogP contribution >= 0.6 is 0 Å². The third-order valence-corrected chi connectivity index (χ3v) is 2.73. The molecular formula is C14H21F2N3O. The van der Waals surface area contributed by atoms with Crippen LogP contribution in [0.4, 0.5) is 25.0 Å². The van der Waals surface area contributed by atoms with Crippen LogP contribution in [0.5, 0.6) is 0 Å². The fraction of sp³-hybridized carbons (Fsp3) is 0.500. The van der Waals surface area contributed by atoms with Gasteiger partial charge in [0.05, 0.1) is 0 Å². The number of rotatable bonds is 5. The van der Waals surface area contributed by atoms with Crippen molar-refractivity contribution >= 4 is 17.4 Å². The van der Waals surface area contributed by atoms with Gasteiger partial charge in [-0.05, 0) is 24.5 Å². The van der Waals surface area contributed by atoms with Crippen LogP contribution in [-0.4, -0.2) is 26.7 Å². The molecule has 0 unspecified atom stereocenters. The maximum atomic E-state index is 13.7. The maximum absolute atomic E-state index is 13.7. The lowest BCUT2D eigenvalue weighted by molar-refractivity contribution is 0.251. The van der Waals surface area contributed by atoms with Crippen molar-refractivity contribution in [3.8, 4) is 0 Å². The van der Waals surface area contributed by atoms with Crippen LogP contribution in [-0.2, 0) is 0 Å². The Morgan fingerprint density at radius 1 is 1.25 bits per heavy atom. The molecule has 4 nitrogen and oxygen atoms in total. The second-order valence-electron chi connectivity index (χ2n) is 5.25. The van der Waals surface area contributed by atoms with Crippen LogP contribution in [0.3, 0.4) is 0 Å². The van der Waals surface area contributed by atoms with E-state index in [0.29, 0.717) is 12.5 Å². The lowest BCUT2D eigenvalue weighted by Crippen LogP contribution is -2.30. The molecule has 0 atom stereocenters. The molecule has 0 saturated heterocycles. The van der Waals surface area contributed by atoms with Crippen molar-refractivity contribution in [3.63, 3.8) is 0 Å². The minimum atomic E-state index is -0.715. The van der Waals surface area contributed by atoms with Gasteiger partial charge in [-0.3, -0.25) is 0 Å². The standard InChI is InChI=1S/C14H21F2N3O/c1-9(2)5-6-17-14(20)18-10-7-11(15)13(19(3)4)12(16)8-10/h7-9H,5-6H2,1-4H3,(H2,17,18,20). The number of urea groups is 1. The van der Waals surface area contributed by atoms with Gasteiger partial charge < -0.3 is 15.5 Å². The monoisotopic (exact) mass is 285 g/mol. The second kappa shape index (κ2) is 7.07. The van der Waals surface area contributed by atoms with Crippen molar-refractivity contribution in [2.45, 2.75) is 20.3 Å². The summed E-state index contributed by atoms with van der Waals surface area (Å²) in [6.07, 6.45) is 0.843. The van der Waals surface area contributed by atoms with Gasteiger partial charge in [0.15, 0.2) is 11.6 Å². The molecule has 0 aliphatic carbocycles. The third-order valence-electron chi connectivity index (χ3n) is 2.73. The molecule has 1 aromatic rings. The number of halogens is 2. The molecule has 0 aliphatic heterocycles. The van der Waals surface area contributed by atoms with Gasteiger partial charge in [-0.15, -0.1) is 0 Å². The Balaban J connectivity index is 2.67. The van der Waals surface area contributed by atoms with Gasteiger partial charge >= 0.3 is 6.03 Å². The van der Waals surface area contributed by atoms with Gasteiger partial charge in [-0.2, -0.15) is 0 Å². The average molecular weight is 285 g/mol. The van der Waals surface area contributed by atoms with Crippen LogP contribution in [0.25, 0.3) is 0 Å². The Morgan fingerprint density at radius 2 is 1.80 bits per heavy atom. The van der Waals surface area contributed by atoms with Crippen molar-refractivity contribution in [3.05, 3.63) is 23.8 Å². The molecule has 0 spiro atoms. The molecule has 6 heteroatoms. The number of nitrogens with zero attached hydrogens (tertiary/aromatic N) is 1. The predicted octanol–water partition coefficient (Wildman–Crippen LogP) is 3.20. The van der Waals surface area contributed by atoms with Crippen LogP contribution in [0.15, 0.2) is 12.1 Å². The first-order valence-corrected chi connectivity index (χ1v) is 6.52. The van der Waals surface area contributed by atoms with E-state index in [1.165, 1.54) is 4.90 Å². The van der Waals surface area contributed by atoms with Crippen LogP contribution in [0.2, 0.25) is 0 Å². The lowest BCUT2D eigenvalue weighted by atomic mass is 10.1. The summed E-state index contributed by atoms with van der Waals surface area (Å²) in [5.41, 5.74) is -0.0385. The Hall–Kier alpha value is -1.85. The zero-order valence-corrected chi connectivity index (χ0v) is 12.3. The van der Waals surface area contributed by atoms with Gasteiger partial charge in [0.25, 0.3) is 0 Å². The summed E-state index contributed by atoms with van der Waals surface area (Å²) < 4.78 is 27.4. The lowest BCUT2D eigenvalue weighted by Gasteiger charge is -2.16. The Kier molecular flexibility index (Phi) is 5.73. The SMILES string of the molecule is CC(C)CCNC(=O)Nc1cc(F)c(N(C)C)c(F)c1. The summed E-state index contributed by atoms with van der Waals surface area (Å²) in [5.74, 6) is -0.954. The minimum Gasteiger partial charge on any atom is -0.373 e. The summed E-state index contributed by atoms with van der Waals surface area (Å²) in [5, 5.41) is 5.05. The summed E-state index contributed by atoms with van der Waals surface area (Å²) >= 11 is 0. The van der Waals surface area contributed by atoms with E-state index in [1.807, 2.05) is 13.8 Å². The first kappa shape index (κ1) is 16.2. The van der Waals surface area contributed by atoms with Crippen molar-refractivity contribution in [2.75, 3.05) is 30.9 Å². The summed E-state index contributed by atoms with van der Waals surface area (Å²) in [4.78, 5) is 12.9. The smallest absolute Gasteiger partial charge is 0.319 e. The zero-order chi connectivity index (χ0) is 15.3. The number of carbonyl (C=O) groups excluding carboxylic acids is 1. The summed E-state index contributed by atoms with van der Waals surface area (Å²) in [7, 11) is 3.10. The van der Waals surface area contributed by atoms with Crippen LogP contribution in [0.1, 0.15) is 20.3 Å². The molecule has 1 aromatic carbocycles. The topological polar surface area (TPSA) is 44.4 Å². The number of hydrogen-bond donors (Lipinski definition) is 2. The molecular weight excluding hydrogens is 264 g/mol. The quantitative estimate of drug-likeness (QED) is 0.872. The predicted molar refractivity (Wildman–Crippen MR) is 77.2 cm³/mol. The van der Waals surface area contributed by atoms with E-state index in [1.54, 1.807) is 14.1 Å². The van der Waals surface area contributed by atoms with Crippen molar-refractivity contribution in [2.24, 2.45) is 5.92 Å². The first-order chi connectivity index (χ1) is 9.31. The summed E-state index contributed by atoms with van der Waals surface area (Å²) in [6.45, 7) is 4.61. The maximum Gasteiger partial charge on any atom is 0.319 e. The van der Waals surface area contributed by atoms with Crippen molar-refractivity contribution < 1.29 is 13.6 Å². The van der Waals surface area contributed by atoms with Gasteiger partial charge in [-0.1, -0.05) is 13.8 Å². The van der Waals surface area contributed by atoms with Crippen molar-refractivity contribution in [1.82, 2.24) is 5.32 Å². The molecule has 0 aliphatic rings. The molecule has 0 fully saturated rings. The number of anilines is 2. The van der Waals surface area contributed by atoms with E-state index in [2.05, 4.69) is 10.6 Å². The highest BCUT2D eigenvalue weighted by atomic mass is 19.1. The fourth-order valence-electron chi connectivity index (χ4n) is 1.71. The minimum absolute atomic E-state index is 0.0904. The molecule has 20 heavy (non-hydrogen) atoms. The Labute approximate surface area is 118 Å². The van der Waals surface area contributed by atoms with E-state index in [4.69, 9.17) is 0 Å². The summed E-state index contributed by atoms with van der Waals surface area (Å²) in [6, 6.07) is 1.72. The molecule has 0 saturated carbocycles. The molecule has 0 bridgehead atoms. The number of carbonyl (C=O) groups is 1. The van der Waals surface area contributed by atoms with Gasteiger partial charge in [-0.25, -0.2) is 13.6 Å². The van der Waals surface area contributed by atoms with Gasteiger partial charge in [0.2, 0.25) is 0 Å². The second-order valence-corrected chi connectivity index (χ2v) is 5.25. The Morgan fingerprint density at radius 3 is 2.25 bits per heavy atom. The number of nitrogens with one attached hydrogen (secondary N) is 2. The molecule has 2 N–H and O–H groups in total. The van der Waals surface area contributed by atoms with E-state index >= 15 is 0 Å². The molecule has 0 radical (unpaired) electrons. The van der Waals surface area contributed by atoms with Gasteiger partial charge in [0.1, 0.15) is 5.69 Å². The zero-order valence-electron chi connectivity index (χ0n) is 12.3. The fourth-order valence-corrected chi connectivity index (χ4v) is 1.71. The third kappa shape index (κ3) is 4.68. The van der Waals surface area contributed by atoms with E-state index in [9.17, 15) is 13.6 Å². The van der Waals surface area contributed by atoms with E-state index in [0.717, 1.165) is 18.6 Å². The number of amides is 2. The normalized spacial score (nSPS) is 10.6. The van der Waals surface area contributed by atoms with Crippen LogP contribution < -0.4 is 15.5 Å². The highest BCUT2D eigenvalue weighted by molar-refractivity contribution is 5.89. The molecule has 0 aromatic heterocycles. The average Bonchev–Trinajstić information content (AvgIpc) is 2.26. The largest absolute Gasteiger partial charge is 0.373 e. The highest BCUT2D eigenvalue weighted by Crippen LogP contribution is 2.25. The number of hydrogen-bond acceptors (Lipinski definition) is 2. The molecule has 1 rings (SSSR count). The number of benzene rings is 1. The van der Waals surface area contributed by atoms with Crippen molar-refractivity contribution in [1.29, 1.82) is 0 Å². The molecule has 112 valence electrons. The van der Waals surface area contributed by atoms with Crippen LogP contribution in [0, 0.1) is 17.6 Å². The first-order valence-electron chi connectivity index (χ1n) is 6.52. The van der Waals surface area contributed by atoms with E-state index < -0.39 is 17.7 Å². The molecule has 2 amide bonds. The Bertz CT molecular complexity index is 452.